The second kappa shape index (κ2) is 7.54. The molecule has 4 nitrogen and oxygen atoms in total. The van der Waals surface area contributed by atoms with Gasteiger partial charge in [0.15, 0.2) is 0 Å². The average molecular weight is 242 g/mol. The normalized spacial score (nSPS) is 24.8. The minimum atomic E-state index is -0.158. The van der Waals surface area contributed by atoms with Gasteiger partial charge < -0.3 is 15.0 Å². The lowest BCUT2D eigenvalue weighted by molar-refractivity contribution is 0.0780. The summed E-state index contributed by atoms with van der Waals surface area (Å²) in [6.45, 7) is 6.15. The Morgan fingerprint density at radius 3 is 2.76 bits per heavy atom. The van der Waals surface area contributed by atoms with Gasteiger partial charge in [-0.05, 0) is 32.7 Å². The number of hydrogen-bond donors (Lipinski definition) is 1. The van der Waals surface area contributed by atoms with E-state index in [9.17, 15) is 4.79 Å². The standard InChI is InChI=1S/C13H26N2O2/c1-4-6-7-11-8-12(14-3)10-15(9-11)13(16)17-5-2/h11-12,14H,4-10H2,1-3H3. The van der Waals surface area contributed by atoms with Gasteiger partial charge in [-0.25, -0.2) is 4.79 Å². The molecular formula is C13H26N2O2. The van der Waals surface area contributed by atoms with E-state index < -0.39 is 0 Å². The zero-order chi connectivity index (χ0) is 12.7. The molecule has 2 unspecified atom stereocenters. The van der Waals surface area contributed by atoms with E-state index in [4.69, 9.17) is 4.74 Å². The zero-order valence-corrected chi connectivity index (χ0v) is 11.4. The molecule has 1 N–H and O–H groups in total. The molecule has 100 valence electrons. The molecule has 0 spiro atoms. The summed E-state index contributed by atoms with van der Waals surface area (Å²) >= 11 is 0. The van der Waals surface area contributed by atoms with Gasteiger partial charge in [0.1, 0.15) is 0 Å². The molecule has 1 aliphatic rings. The van der Waals surface area contributed by atoms with Crippen LogP contribution in [0.3, 0.4) is 0 Å². The van der Waals surface area contributed by atoms with Gasteiger partial charge in [-0.3, -0.25) is 0 Å². The largest absolute Gasteiger partial charge is 0.450 e. The van der Waals surface area contributed by atoms with Crippen molar-refractivity contribution in [3.05, 3.63) is 0 Å². The number of likely N-dealkylation sites (tertiary alicyclic amines) is 1. The van der Waals surface area contributed by atoms with Gasteiger partial charge in [-0.15, -0.1) is 0 Å². The average Bonchev–Trinajstić information content (AvgIpc) is 2.36. The van der Waals surface area contributed by atoms with E-state index in [1.54, 1.807) is 0 Å². The molecule has 1 fully saturated rings. The molecule has 1 heterocycles. The lowest BCUT2D eigenvalue weighted by atomic mass is 9.90. The molecule has 0 saturated carbocycles. The molecule has 0 aromatic carbocycles. The predicted octanol–water partition coefficient (Wildman–Crippen LogP) is 2.24. The number of carbonyl (C=O) groups excluding carboxylic acids is 1. The maximum Gasteiger partial charge on any atom is 0.409 e. The number of rotatable bonds is 5. The molecule has 0 bridgehead atoms. The lowest BCUT2D eigenvalue weighted by Crippen LogP contribution is -2.50. The van der Waals surface area contributed by atoms with Gasteiger partial charge in [0.25, 0.3) is 0 Å². The molecule has 0 aromatic heterocycles. The first kappa shape index (κ1) is 14.3. The number of amides is 1. The van der Waals surface area contributed by atoms with Crippen molar-refractivity contribution in [2.45, 2.75) is 45.6 Å². The molecule has 1 saturated heterocycles. The Morgan fingerprint density at radius 2 is 2.18 bits per heavy atom. The maximum atomic E-state index is 11.8. The van der Waals surface area contributed by atoms with Crippen LogP contribution in [0.15, 0.2) is 0 Å². The minimum absolute atomic E-state index is 0.158. The van der Waals surface area contributed by atoms with Gasteiger partial charge in [0.05, 0.1) is 6.61 Å². The number of nitrogens with one attached hydrogen (secondary N) is 1. The molecular weight excluding hydrogens is 216 g/mol. The molecule has 0 aliphatic carbocycles. The van der Waals surface area contributed by atoms with Crippen LogP contribution in [0.25, 0.3) is 0 Å². The Morgan fingerprint density at radius 1 is 1.41 bits per heavy atom. The van der Waals surface area contributed by atoms with Crippen LogP contribution >= 0.6 is 0 Å². The number of unbranched alkanes of at least 4 members (excludes halogenated alkanes) is 1. The van der Waals surface area contributed by atoms with Gasteiger partial charge in [0.2, 0.25) is 0 Å². The second-order valence-electron chi connectivity index (χ2n) is 4.83. The summed E-state index contributed by atoms with van der Waals surface area (Å²) in [5, 5.41) is 3.29. The summed E-state index contributed by atoms with van der Waals surface area (Å²) in [6.07, 6.45) is 4.70. The first-order valence-electron chi connectivity index (χ1n) is 6.80. The van der Waals surface area contributed by atoms with Crippen LogP contribution in [-0.4, -0.2) is 43.8 Å². The van der Waals surface area contributed by atoms with Crippen molar-refractivity contribution in [1.29, 1.82) is 0 Å². The molecule has 4 heteroatoms. The van der Waals surface area contributed by atoms with Gasteiger partial charge in [-0.2, -0.15) is 0 Å². The molecule has 1 amide bonds. The smallest absolute Gasteiger partial charge is 0.409 e. The summed E-state index contributed by atoms with van der Waals surface area (Å²) in [5.74, 6) is 0.616. The second-order valence-corrected chi connectivity index (χ2v) is 4.83. The Bertz CT molecular complexity index is 233. The Labute approximate surface area is 105 Å². The first-order chi connectivity index (χ1) is 8.21. The van der Waals surface area contributed by atoms with Crippen LogP contribution in [-0.2, 0) is 4.74 Å². The minimum Gasteiger partial charge on any atom is -0.450 e. The van der Waals surface area contributed by atoms with E-state index in [1.807, 2.05) is 18.9 Å². The summed E-state index contributed by atoms with van der Waals surface area (Å²) in [6, 6.07) is 0.412. The van der Waals surface area contributed by atoms with Crippen molar-refractivity contribution in [1.82, 2.24) is 10.2 Å². The SMILES string of the molecule is CCCCC1CC(NC)CN(C(=O)OCC)C1. The summed E-state index contributed by atoms with van der Waals surface area (Å²) in [7, 11) is 1.97. The molecule has 1 aliphatic heterocycles. The quantitative estimate of drug-likeness (QED) is 0.804. The molecule has 0 radical (unpaired) electrons. The predicted molar refractivity (Wildman–Crippen MR) is 69.1 cm³/mol. The molecule has 1 rings (SSSR count). The van der Waals surface area contributed by atoms with Crippen LogP contribution in [0.2, 0.25) is 0 Å². The number of carbonyl (C=O) groups is 1. The third-order valence-electron chi connectivity index (χ3n) is 3.44. The number of ether oxygens (including phenoxy) is 1. The van der Waals surface area contributed by atoms with E-state index in [-0.39, 0.29) is 6.09 Å². The van der Waals surface area contributed by atoms with Crippen molar-refractivity contribution in [2.75, 3.05) is 26.7 Å². The van der Waals surface area contributed by atoms with Crippen molar-refractivity contribution >= 4 is 6.09 Å². The van der Waals surface area contributed by atoms with E-state index in [2.05, 4.69) is 12.2 Å². The summed E-state index contributed by atoms with van der Waals surface area (Å²) in [5.41, 5.74) is 0. The molecule has 17 heavy (non-hydrogen) atoms. The number of piperidine rings is 1. The van der Waals surface area contributed by atoms with Gasteiger partial charge in [0, 0.05) is 19.1 Å². The summed E-state index contributed by atoms with van der Waals surface area (Å²) < 4.78 is 5.09. The van der Waals surface area contributed by atoms with E-state index in [1.165, 1.54) is 25.7 Å². The van der Waals surface area contributed by atoms with Crippen LogP contribution in [0, 0.1) is 5.92 Å². The number of hydrogen-bond acceptors (Lipinski definition) is 3. The van der Waals surface area contributed by atoms with Crippen molar-refractivity contribution in [2.24, 2.45) is 5.92 Å². The molecule has 2 atom stereocenters. The van der Waals surface area contributed by atoms with Crippen LogP contribution in [0.4, 0.5) is 4.79 Å². The number of likely N-dealkylation sites (N-methyl/N-ethyl adjacent to an activating group) is 1. The molecule has 0 aromatic rings. The monoisotopic (exact) mass is 242 g/mol. The highest BCUT2D eigenvalue weighted by molar-refractivity contribution is 5.67. The van der Waals surface area contributed by atoms with Crippen molar-refractivity contribution < 1.29 is 9.53 Å². The van der Waals surface area contributed by atoms with Gasteiger partial charge in [-0.1, -0.05) is 19.8 Å². The fourth-order valence-electron chi connectivity index (χ4n) is 2.48. The van der Waals surface area contributed by atoms with E-state index in [0.717, 1.165) is 13.1 Å². The maximum absolute atomic E-state index is 11.8. The van der Waals surface area contributed by atoms with Crippen LogP contribution in [0.1, 0.15) is 39.5 Å². The van der Waals surface area contributed by atoms with E-state index >= 15 is 0 Å². The van der Waals surface area contributed by atoms with Crippen molar-refractivity contribution in [3.8, 4) is 0 Å². The third-order valence-corrected chi connectivity index (χ3v) is 3.44. The Kier molecular flexibility index (Phi) is 6.34. The Hall–Kier alpha value is -0.770. The fraction of sp³-hybridized carbons (Fsp3) is 0.923. The summed E-state index contributed by atoms with van der Waals surface area (Å²) in [4.78, 5) is 13.6. The van der Waals surface area contributed by atoms with Crippen LogP contribution < -0.4 is 5.32 Å². The fourth-order valence-corrected chi connectivity index (χ4v) is 2.48. The highest BCUT2D eigenvalue weighted by Crippen LogP contribution is 2.22. The highest BCUT2D eigenvalue weighted by atomic mass is 16.6. The van der Waals surface area contributed by atoms with Crippen LogP contribution in [0.5, 0.6) is 0 Å². The topological polar surface area (TPSA) is 41.6 Å². The first-order valence-corrected chi connectivity index (χ1v) is 6.80. The third kappa shape index (κ3) is 4.54. The number of nitrogens with zero attached hydrogens (tertiary/aromatic N) is 1. The Balaban J connectivity index is 2.50. The van der Waals surface area contributed by atoms with Crippen molar-refractivity contribution in [3.63, 3.8) is 0 Å². The zero-order valence-electron chi connectivity index (χ0n) is 11.4. The lowest BCUT2D eigenvalue weighted by Gasteiger charge is -2.37. The highest BCUT2D eigenvalue weighted by Gasteiger charge is 2.29. The van der Waals surface area contributed by atoms with Gasteiger partial charge >= 0.3 is 6.09 Å². The van der Waals surface area contributed by atoms with E-state index in [0.29, 0.717) is 18.6 Å².